The van der Waals surface area contributed by atoms with Gasteiger partial charge in [-0.25, -0.2) is 8.42 Å². The Hall–Kier alpha value is -1.62. The Bertz CT molecular complexity index is 836. The van der Waals surface area contributed by atoms with E-state index in [9.17, 15) is 13.2 Å². The molecule has 1 aliphatic heterocycles. The number of pyridine rings is 1. The molecular weight excluding hydrogens is 388 g/mol. The zero-order valence-electron chi connectivity index (χ0n) is 13.0. The van der Waals surface area contributed by atoms with E-state index in [1.165, 1.54) is 22.8 Å². The van der Waals surface area contributed by atoms with E-state index < -0.39 is 10.0 Å². The van der Waals surface area contributed by atoms with Gasteiger partial charge in [0.2, 0.25) is 10.0 Å². The Morgan fingerprint density at radius 2 is 2.16 bits per heavy atom. The summed E-state index contributed by atoms with van der Waals surface area (Å²) in [4.78, 5) is 16.1. The molecule has 0 bridgehead atoms. The summed E-state index contributed by atoms with van der Waals surface area (Å²) >= 11 is 6.89. The number of piperidine rings is 1. The highest BCUT2D eigenvalue weighted by molar-refractivity contribution is 7.89. The molecule has 1 aliphatic rings. The van der Waals surface area contributed by atoms with Crippen LogP contribution in [0.5, 0.6) is 0 Å². The average Bonchev–Trinajstić information content (AvgIpc) is 3.05. The van der Waals surface area contributed by atoms with Crippen LogP contribution in [-0.2, 0) is 26.2 Å². The van der Waals surface area contributed by atoms with Gasteiger partial charge in [-0.15, -0.1) is 5.10 Å². The topological polar surface area (TPSA) is 102 Å². The number of hydrogen-bond acceptors (Lipinski definition) is 8. The molecule has 3 rings (SSSR count). The molecule has 25 heavy (non-hydrogen) atoms. The third-order valence-corrected chi connectivity index (χ3v) is 6.79. The van der Waals surface area contributed by atoms with E-state index in [4.69, 9.17) is 16.3 Å². The second-order valence-electron chi connectivity index (χ2n) is 5.47. The standard InChI is InChI=1S/C14H15ClN4O4S2/c15-13-12(17-18-24-13)9-23-14(20)10-3-6-19(7-4-10)25(21,22)11-2-1-5-16-8-11/h1-2,5,8,10H,3-4,6-7,9H2. The van der Waals surface area contributed by atoms with Crippen molar-refractivity contribution >= 4 is 39.1 Å². The molecular formula is C14H15ClN4O4S2. The van der Waals surface area contributed by atoms with Gasteiger partial charge < -0.3 is 4.74 Å². The molecule has 0 spiro atoms. The molecule has 8 nitrogen and oxygen atoms in total. The van der Waals surface area contributed by atoms with E-state index in [0.29, 0.717) is 22.9 Å². The van der Waals surface area contributed by atoms with Crippen LogP contribution in [0, 0.1) is 5.92 Å². The Kier molecular flexibility index (Phi) is 5.62. The Morgan fingerprint density at radius 3 is 2.76 bits per heavy atom. The summed E-state index contributed by atoms with van der Waals surface area (Å²) in [5.74, 6) is -0.715. The first-order valence-corrected chi connectivity index (χ1v) is 10.1. The molecule has 0 unspecified atom stereocenters. The number of esters is 1. The van der Waals surface area contributed by atoms with E-state index in [2.05, 4.69) is 14.6 Å². The summed E-state index contributed by atoms with van der Waals surface area (Å²) in [5.41, 5.74) is 0.427. The van der Waals surface area contributed by atoms with Crippen LogP contribution in [0.15, 0.2) is 29.4 Å². The van der Waals surface area contributed by atoms with E-state index in [-0.39, 0.29) is 36.5 Å². The lowest BCUT2D eigenvalue weighted by molar-refractivity contribution is -0.151. The molecule has 3 heterocycles. The van der Waals surface area contributed by atoms with Crippen LogP contribution in [0.1, 0.15) is 18.5 Å². The summed E-state index contributed by atoms with van der Waals surface area (Å²) in [6.45, 7) is 0.494. The Labute approximate surface area is 154 Å². The van der Waals surface area contributed by atoms with E-state index in [0.717, 1.165) is 11.5 Å². The van der Waals surface area contributed by atoms with Crippen LogP contribution in [0.2, 0.25) is 4.34 Å². The average molecular weight is 403 g/mol. The van der Waals surface area contributed by atoms with Crippen molar-refractivity contribution in [3.8, 4) is 0 Å². The van der Waals surface area contributed by atoms with Crippen molar-refractivity contribution in [1.82, 2.24) is 18.9 Å². The lowest BCUT2D eigenvalue weighted by atomic mass is 9.98. The number of carbonyl (C=O) groups excluding carboxylic acids is 1. The molecule has 0 aromatic carbocycles. The predicted octanol–water partition coefficient (Wildman–Crippen LogP) is 1.73. The van der Waals surface area contributed by atoms with Gasteiger partial charge in [0.1, 0.15) is 21.5 Å². The van der Waals surface area contributed by atoms with Crippen LogP contribution in [0.4, 0.5) is 0 Å². The molecule has 0 saturated carbocycles. The highest BCUT2D eigenvalue weighted by Gasteiger charge is 2.33. The molecule has 2 aromatic rings. The maximum atomic E-state index is 12.5. The van der Waals surface area contributed by atoms with Gasteiger partial charge in [-0.05, 0) is 25.0 Å². The zero-order chi connectivity index (χ0) is 17.9. The fraction of sp³-hybridized carbons (Fsp3) is 0.429. The normalized spacial score (nSPS) is 16.7. The van der Waals surface area contributed by atoms with Gasteiger partial charge in [0.05, 0.1) is 5.92 Å². The monoisotopic (exact) mass is 402 g/mol. The summed E-state index contributed by atoms with van der Waals surface area (Å²) in [6, 6.07) is 3.09. The van der Waals surface area contributed by atoms with Gasteiger partial charge in [0.25, 0.3) is 0 Å². The Morgan fingerprint density at radius 1 is 1.40 bits per heavy atom. The number of rotatable bonds is 5. The number of nitrogens with zero attached hydrogens (tertiary/aromatic N) is 4. The largest absolute Gasteiger partial charge is 0.459 e. The van der Waals surface area contributed by atoms with E-state index in [1.807, 2.05) is 0 Å². The van der Waals surface area contributed by atoms with E-state index >= 15 is 0 Å². The molecule has 1 saturated heterocycles. The Balaban J connectivity index is 1.55. The van der Waals surface area contributed by atoms with Crippen molar-refractivity contribution in [2.45, 2.75) is 24.3 Å². The van der Waals surface area contributed by atoms with Gasteiger partial charge >= 0.3 is 5.97 Å². The first-order chi connectivity index (χ1) is 12.0. The van der Waals surface area contributed by atoms with Crippen LogP contribution in [-0.4, -0.2) is 46.4 Å². The van der Waals surface area contributed by atoms with Crippen molar-refractivity contribution in [3.05, 3.63) is 34.6 Å². The first kappa shape index (κ1) is 18.2. The van der Waals surface area contributed by atoms with Crippen molar-refractivity contribution in [2.24, 2.45) is 5.92 Å². The van der Waals surface area contributed by atoms with Crippen molar-refractivity contribution in [2.75, 3.05) is 13.1 Å². The van der Waals surface area contributed by atoms with Crippen LogP contribution in [0.25, 0.3) is 0 Å². The number of carbonyl (C=O) groups is 1. The maximum Gasteiger partial charge on any atom is 0.309 e. The van der Waals surface area contributed by atoms with E-state index in [1.54, 1.807) is 6.07 Å². The maximum absolute atomic E-state index is 12.5. The van der Waals surface area contributed by atoms with Crippen molar-refractivity contribution in [3.63, 3.8) is 0 Å². The molecule has 1 fully saturated rings. The zero-order valence-corrected chi connectivity index (χ0v) is 15.4. The summed E-state index contributed by atoms with van der Waals surface area (Å²) < 4.78 is 35.7. The molecule has 134 valence electrons. The number of ether oxygens (including phenoxy) is 1. The highest BCUT2D eigenvalue weighted by atomic mass is 35.5. The minimum atomic E-state index is -3.58. The fourth-order valence-electron chi connectivity index (χ4n) is 2.52. The summed E-state index contributed by atoms with van der Waals surface area (Å²) in [5, 5.41) is 3.78. The molecule has 0 N–H and O–H groups in total. The third kappa shape index (κ3) is 4.14. The SMILES string of the molecule is O=C(OCc1nnsc1Cl)C1CCN(S(=O)(=O)c2cccnc2)CC1. The van der Waals surface area contributed by atoms with Gasteiger partial charge in [-0.3, -0.25) is 9.78 Å². The third-order valence-electron chi connectivity index (χ3n) is 3.92. The number of halogens is 1. The lowest BCUT2D eigenvalue weighted by Gasteiger charge is -2.29. The van der Waals surface area contributed by atoms with Gasteiger partial charge in [0, 0.05) is 37.0 Å². The molecule has 0 aliphatic carbocycles. The number of hydrogen-bond donors (Lipinski definition) is 0. The first-order valence-electron chi connectivity index (χ1n) is 7.52. The summed E-state index contributed by atoms with van der Waals surface area (Å²) in [7, 11) is -3.58. The minimum Gasteiger partial charge on any atom is -0.459 e. The molecule has 11 heteroatoms. The van der Waals surface area contributed by atoms with Crippen molar-refractivity contribution < 1.29 is 17.9 Å². The van der Waals surface area contributed by atoms with Crippen molar-refractivity contribution in [1.29, 1.82) is 0 Å². The summed E-state index contributed by atoms with van der Waals surface area (Å²) in [6.07, 6.45) is 3.65. The van der Waals surface area contributed by atoms with Crippen LogP contribution < -0.4 is 0 Å². The van der Waals surface area contributed by atoms with Gasteiger partial charge in [0.15, 0.2) is 0 Å². The van der Waals surface area contributed by atoms with Gasteiger partial charge in [-0.1, -0.05) is 16.1 Å². The fourth-order valence-corrected chi connectivity index (χ4v) is 4.56. The number of sulfonamides is 1. The molecule has 0 radical (unpaired) electrons. The lowest BCUT2D eigenvalue weighted by Crippen LogP contribution is -2.40. The highest BCUT2D eigenvalue weighted by Crippen LogP contribution is 2.25. The molecule has 2 aromatic heterocycles. The molecule has 0 atom stereocenters. The second-order valence-corrected chi connectivity index (χ2v) is 8.76. The smallest absolute Gasteiger partial charge is 0.309 e. The number of aromatic nitrogens is 3. The van der Waals surface area contributed by atoms with Gasteiger partial charge in [-0.2, -0.15) is 4.31 Å². The van der Waals surface area contributed by atoms with Crippen LogP contribution >= 0.6 is 23.1 Å². The quantitative estimate of drug-likeness (QED) is 0.701. The second kappa shape index (κ2) is 7.73. The van der Waals surface area contributed by atoms with Crippen LogP contribution in [0.3, 0.4) is 0 Å². The minimum absolute atomic E-state index is 0.0254. The predicted molar refractivity (Wildman–Crippen MR) is 90.4 cm³/mol. The molecule has 0 amide bonds.